The lowest BCUT2D eigenvalue weighted by molar-refractivity contribution is 0.0941. The van der Waals surface area contributed by atoms with Crippen LogP contribution in [0, 0.1) is 0 Å². The van der Waals surface area contributed by atoms with Gasteiger partial charge < -0.3 is 15.4 Å². The molecule has 26 heavy (non-hydrogen) atoms. The molecule has 0 saturated carbocycles. The standard InChI is InChI=1S/C18H21N3O4S/c1-25-17-5-3-2-4-13(17)10-20-16-8-14(9-19-11-16)18(22)21-15-6-7-26(23,24)12-15/h2-5,8-9,11,15,20H,6-7,10,12H2,1H3,(H,21,22). The molecule has 1 aromatic heterocycles. The van der Waals surface area contributed by atoms with Crippen LogP contribution in [-0.2, 0) is 16.4 Å². The van der Waals surface area contributed by atoms with Crippen LogP contribution in [0.5, 0.6) is 5.75 Å². The molecule has 0 spiro atoms. The number of hydrogen-bond donors (Lipinski definition) is 2. The van der Waals surface area contributed by atoms with Gasteiger partial charge in [-0.2, -0.15) is 0 Å². The van der Waals surface area contributed by atoms with Crippen LogP contribution in [0.25, 0.3) is 0 Å². The number of pyridine rings is 1. The fourth-order valence-corrected chi connectivity index (χ4v) is 4.56. The molecule has 1 saturated heterocycles. The predicted molar refractivity (Wildman–Crippen MR) is 99.1 cm³/mol. The second-order valence-electron chi connectivity index (χ2n) is 6.20. The predicted octanol–water partition coefficient (Wildman–Crippen LogP) is 1.62. The molecule has 2 heterocycles. The van der Waals surface area contributed by atoms with Crippen LogP contribution < -0.4 is 15.4 Å². The summed E-state index contributed by atoms with van der Waals surface area (Å²) >= 11 is 0. The normalized spacial score (nSPS) is 18.3. The molecule has 1 aliphatic heterocycles. The Morgan fingerprint density at radius 2 is 2.12 bits per heavy atom. The number of methoxy groups -OCH3 is 1. The van der Waals surface area contributed by atoms with Gasteiger partial charge in [-0.1, -0.05) is 18.2 Å². The lowest BCUT2D eigenvalue weighted by Crippen LogP contribution is -2.35. The number of ether oxygens (including phenoxy) is 1. The average molecular weight is 375 g/mol. The Kier molecular flexibility index (Phi) is 5.41. The van der Waals surface area contributed by atoms with Gasteiger partial charge in [-0.25, -0.2) is 8.42 Å². The van der Waals surface area contributed by atoms with Crippen molar-refractivity contribution in [3.05, 3.63) is 53.9 Å². The van der Waals surface area contributed by atoms with E-state index in [9.17, 15) is 13.2 Å². The number of carbonyl (C=O) groups excluding carboxylic acids is 1. The number of hydrogen-bond acceptors (Lipinski definition) is 6. The highest BCUT2D eigenvalue weighted by Crippen LogP contribution is 2.19. The minimum absolute atomic E-state index is 0.00207. The van der Waals surface area contributed by atoms with Gasteiger partial charge in [0.1, 0.15) is 5.75 Å². The van der Waals surface area contributed by atoms with Crippen LogP contribution >= 0.6 is 0 Å². The maximum absolute atomic E-state index is 12.3. The number of aromatic nitrogens is 1. The highest BCUT2D eigenvalue weighted by Gasteiger charge is 2.29. The van der Waals surface area contributed by atoms with Crippen molar-refractivity contribution in [2.45, 2.75) is 19.0 Å². The molecule has 0 aliphatic carbocycles. The van der Waals surface area contributed by atoms with E-state index in [2.05, 4.69) is 15.6 Å². The van der Waals surface area contributed by atoms with Crippen molar-refractivity contribution < 1.29 is 17.9 Å². The third-order valence-corrected chi connectivity index (χ3v) is 6.01. The number of sulfone groups is 1. The molecule has 1 aromatic carbocycles. The monoisotopic (exact) mass is 375 g/mol. The molecule has 0 radical (unpaired) electrons. The number of nitrogens with zero attached hydrogens (tertiary/aromatic N) is 1. The molecule has 7 nitrogen and oxygen atoms in total. The Balaban J connectivity index is 1.63. The van der Waals surface area contributed by atoms with Gasteiger partial charge in [0.2, 0.25) is 0 Å². The lowest BCUT2D eigenvalue weighted by Gasteiger charge is -2.13. The molecule has 1 amide bonds. The van der Waals surface area contributed by atoms with Crippen molar-refractivity contribution in [2.75, 3.05) is 23.9 Å². The first kappa shape index (κ1) is 18.2. The zero-order valence-corrected chi connectivity index (χ0v) is 15.3. The number of para-hydroxylation sites is 1. The molecule has 2 aromatic rings. The van der Waals surface area contributed by atoms with Crippen molar-refractivity contribution in [3.63, 3.8) is 0 Å². The van der Waals surface area contributed by atoms with E-state index in [1.807, 2.05) is 24.3 Å². The highest BCUT2D eigenvalue weighted by atomic mass is 32.2. The zero-order valence-electron chi connectivity index (χ0n) is 14.4. The summed E-state index contributed by atoms with van der Waals surface area (Å²) < 4.78 is 28.3. The van der Waals surface area contributed by atoms with Crippen LogP contribution in [-0.4, -0.2) is 44.0 Å². The van der Waals surface area contributed by atoms with Crippen molar-refractivity contribution in [2.24, 2.45) is 0 Å². The number of anilines is 1. The van der Waals surface area contributed by atoms with Crippen LogP contribution in [0.15, 0.2) is 42.7 Å². The van der Waals surface area contributed by atoms with E-state index in [0.717, 1.165) is 11.3 Å². The highest BCUT2D eigenvalue weighted by molar-refractivity contribution is 7.91. The molecule has 3 rings (SSSR count). The maximum atomic E-state index is 12.3. The van der Waals surface area contributed by atoms with E-state index < -0.39 is 9.84 Å². The second-order valence-corrected chi connectivity index (χ2v) is 8.43. The third kappa shape index (κ3) is 4.51. The Morgan fingerprint density at radius 1 is 1.31 bits per heavy atom. The summed E-state index contributed by atoms with van der Waals surface area (Å²) in [7, 11) is -1.41. The van der Waals surface area contributed by atoms with Gasteiger partial charge in [-0.3, -0.25) is 9.78 Å². The molecule has 0 bridgehead atoms. The molecule has 1 atom stereocenters. The lowest BCUT2D eigenvalue weighted by atomic mass is 10.2. The summed E-state index contributed by atoms with van der Waals surface area (Å²) in [6.07, 6.45) is 3.55. The summed E-state index contributed by atoms with van der Waals surface area (Å²) in [5, 5.41) is 5.98. The summed E-state index contributed by atoms with van der Waals surface area (Å²) in [4.78, 5) is 16.4. The minimum atomic E-state index is -3.03. The average Bonchev–Trinajstić information content (AvgIpc) is 2.98. The summed E-state index contributed by atoms with van der Waals surface area (Å²) in [6.45, 7) is 0.525. The Bertz CT molecular complexity index is 899. The smallest absolute Gasteiger partial charge is 0.253 e. The molecule has 8 heteroatoms. The van der Waals surface area contributed by atoms with Crippen LogP contribution in [0.2, 0.25) is 0 Å². The Morgan fingerprint density at radius 3 is 2.85 bits per heavy atom. The summed E-state index contributed by atoms with van der Waals surface area (Å²) in [5.41, 5.74) is 2.07. The van der Waals surface area contributed by atoms with Gasteiger partial charge in [0.05, 0.1) is 29.9 Å². The zero-order chi connectivity index (χ0) is 18.6. The van der Waals surface area contributed by atoms with Gasteiger partial charge in [-0.05, 0) is 18.6 Å². The molecule has 2 N–H and O–H groups in total. The Labute approximate surface area is 152 Å². The number of nitrogens with one attached hydrogen (secondary N) is 2. The number of carbonyl (C=O) groups is 1. The number of rotatable bonds is 6. The van der Waals surface area contributed by atoms with E-state index in [1.165, 1.54) is 6.20 Å². The molecular weight excluding hydrogens is 354 g/mol. The first-order valence-corrected chi connectivity index (χ1v) is 10.1. The molecule has 1 unspecified atom stereocenters. The Hall–Kier alpha value is -2.61. The number of benzene rings is 1. The van der Waals surface area contributed by atoms with Crippen LogP contribution in [0.4, 0.5) is 5.69 Å². The van der Waals surface area contributed by atoms with Gasteiger partial charge in [0.25, 0.3) is 5.91 Å². The topological polar surface area (TPSA) is 97.4 Å². The van der Waals surface area contributed by atoms with E-state index >= 15 is 0 Å². The summed E-state index contributed by atoms with van der Waals surface area (Å²) in [6, 6.07) is 9.03. The van der Waals surface area contributed by atoms with Crippen molar-refractivity contribution in [1.82, 2.24) is 10.3 Å². The molecule has 138 valence electrons. The van der Waals surface area contributed by atoms with E-state index in [1.54, 1.807) is 19.4 Å². The van der Waals surface area contributed by atoms with Gasteiger partial charge >= 0.3 is 0 Å². The van der Waals surface area contributed by atoms with Crippen LogP contribution in [0.1, 0.15) is 22.3 Å². The van der Waals surface area contributed by atoms with E-state index in [4.69, 9.17) is 4.74 Å². The first-order valence-electron chi connectivity index (χ1n) is 8.29. The van der Waals surface area contributed by atoms with Gasteiger partial charge in [0.15, 0.2) is 9.84 Å². The largest absolute Gasteiger partial charge is 0.496 e. The quantitative estimate of drug-likeness (QED) is 0.796. The van der Waals surface area contributed by atoms with Gasteiger partial charge in [-0.15, -0.1) is 0 Å². The fraction of sp³-hybridized carbons (Fsp3) is 0.333. The summed E-state index contributed by atoms with van der Waals surface area (Å²) in [5.74, 6) is 0.582. The van der Waals surface area contributed by atoms with E-state index in [0.29, 0.717) is 24.2 Å². The molecule has 1 fully saturated rings. The van der Waals surface area contributed by atoms with Crippen molar-refractivity contribution in [1.29, 1.82) is 0 Å². The van der Waals surface area contributed by atoms with Gasteiger partial charge in [0, 0.05) is 30.5 Å². The molecular formula is C18H21N3O4S. The number of amides is 1. The van der Waals surface area contributed by atoms with Crippen LogP contribution in [0.3, 0.4) is 0 Å². The first-order chi connectivity index (χ1) is 12.5. The second kappa shape index (κ2) is 7.74. The fourth-order valence-electron chi connectivity index (χ4n) is 2.88. The SMILES string of the molecule is COc1ccccc1CNc1cncc(C(=O)NC2CCS(=O)(=O)C2)c1. The minimum Gasteiger partial charge on any atom is -0.496 e. The van der Waals surface area contributed by atoms with Crippen molar-refractivity contribution in [3.8, 4) is 5.75 Å². The maximum Gasteiger partial charge on any atom is 0.253 e. The van der Waals surface area contributed by atoms with E-state index in [-0.39, 0.29) is 23.5 Å². The third-order valence-electron chi connectivity index (χ3n) is 4.24. The molecule has 1 aliphatic rings. The van der Waals surface area contributed by atoms with Crippen molar-refractivity contribution >= 4 is 21.4 Å².